The zero-order valence-corrected chi connectivity index (χ0v) is 7.20. The van der Waals surface area contributed by atoms with Gasteiger partial charge in [0.05, 0.1) is 6.61 Å². The summed E-state index contributed by atoms with van der Waals surface area (Å²) in [5.41, 5.74) is 0. The Morgan fingerprint density at radius 1 is 1.64 bits per heavy atom. The van der Waals surface area contributed by atoms with Crippen LogP contribution >= 0.6 is 0 Å². The van der Waals surface area contributed by atoms with Gasteiger partial charge in [0.1, 0.15) is 0 Å². The van der Waals surface area contributed by atoms with E-state index in [4.69, 9.17) is 4.74 Å². The van der Waals surface area contributed by atoms with Crippen LogP contribution in [0.3, 0.4) is 0 Å². The SMILES string of the molecule is O=C1NC(=O)N2CCCOC2(O)[C@H]1F. The fourth-order valence-electron chi connectivity index (χ4n) is 1.55. The van der Waals surface area contributed by atoms with Crippen LogP contribution < -0.4 is 5.32 Å². The first-order valence-corrected chi connectivity index (χ1v) is 4.18. The molecule has 0 saturated carbocycles. The molecule has 2 N–H and O–H groups in total. The Balaban J connectivity index is 2.33. The number of hydrogen-bond acceptors (Lipinski definition) is 4. The molecule has 2 aliphatic rings. The minimum Gasteiger partial charge on any atom is -0.346 e. The first-order valence-electron chi connectivity index (χ1n) is 4.18. The number of rotatable bonds is 0. The minimum absolute atomic E-state index is 0.119. The molecule has 14 heavy (non-hydrogen) atoms. The van der Waals surface area contributed by atoms with E-state index in [1.165, 1.54) is 0 Å². The van der Waals surface area contributed by atoms with Crippen molar-refractivity contribution in [3.05, 3.63) is 0 Å². The van der Waals surface area contributed by atoms with Gasteiger partial charge in [-0.25, -0.2) is 9.18 Å². The molecule has 0 aliphatic carbocycles. The summed E-state index contributed by atoms with van der Waals surface area (Å²) in [6.07, 6.45) is -1.77. The standard InChI is InChI=1S/C7H9FN2O4/c8-4-5(11)9-6(12)10-2-1-3-14-7(4,10)13/h4,13H,1-3H2,(H,9,11,12)/t4-,7?/m0/s1. The van der Waals surface area contributed by atoms with Gasteiger partial charge in [0.25, 0.3) is 18.0 Å². The van der Waals surface area contributed by atoms with E-state index in [1.807, 2.05) is 0 Å². The fourth-order valence-corrected chi connectivity index (χ4v) is 1.55. The molecule has 2 atom stereocenters. The van der Waals surface area contributed by atoms with Crippen LogP contribution in [0.2, 0.25) is 0 Å². The first kappa shape index (κ1) is 9.35. The number of urea groups is 1. The van der Waals surface area contributed by atoms with E-state index in [1.54, 1.807) is 5.32 Å². The van der Waals surface area contributed by atoms with Crippen LogP contribution in [-0.2, 0) is 9.53 Å². The number of fused-ring (bicyclic) bond motifs is 1. The normalized spacial score (nSPS) is 37.9. The molecule has 3 amide bonds. The lowest BCUT2D eigenvalue weighted by atomic mass is 10.1. The maximum atomic E-state index is 13.3. The van der Waals surface area contributed by atoms with Crippen molar-refractivity contribution in [2.24, 2.45) is 0 Å². The van der Waals surface area contributed by atoms with E-state index in [0.29, 0.717) is 6.42 Å². The molecule has 7 heteroatoms. The molecule has 0 aromatic carbocycles. The molecule has 0 aromatic heterocycles. The number of imide groups is 1. The van der Waals surface area contributed by atoms with Crippen LogP contribution in [0.4, 0.5) is 9.18 Å². The number of alkyl halides is 1. The first-order chi connectivity index (χ1) is 6.55. The number of amides is 3. The van der Waals surface area contributed by atoms with Crippen LogP contribution in [0.15, 0.2) is 0 Å². The maximum absolute atomic E-state index is 13.3. The highest BCUT2D eigenvalue weighted by atomic mass is 19.1. The van der Waals surface area contributed by atoms with Gasteiger partial charge in [-0.2, -0.15) is 0 Å². The van der Waals surface area contributed by atoms with Gasteiger partial charge >= 0.3 is 6.03 Å². The largest absolute Gasteiger partial charge is 0.346 e. The summed E-state index contributed by atoms with van der Waals surface area (Å²) in [4.78, 5) is 22.8. The highest BCUT2D eigenvalue weighted by Crippen LogP contribution is 2.28. The summed E-state index contributed by atoms with van der Waals surface area (Å²) < 4.78 is 18.0. The lowest BCUT2D eigenvalue weighted by molar-refractivity contribution is -0.321. The molecule has 2 aliphatic heterocycles. The van der Waals surface area contributed by atoms with Crippen molar-refractivity contribution >= 4 is 11.9 Å². The highest BCUT2D eigenvalue weighted by Gasteiger charge is 2.56. The van der Waals surface area contributed by atoms with Gasteiger partial charge in [0, 0.05) is 6.54 Å². The van der Waals surface area contributed by atoms with E-state index in [-0.39, 0.29) is 13.2 Å². The third kappa shape index (κ3) is 1.09. The van der Waals surface area contributed by atoms with Crippen LogP contribution in [0.5, 0.6) is 0 Å². The Hall–Kier alpha value is -1.21. The molecule has 2 fully saturated rings. The Bertz CT molecular complexity index is 297. The Morgan fingerprint density at radius 3 is 3.07 bits per heavy atom. The second-order valence-corrected chi connectivity index (χ2v) is 3.17. The molecule has 0 aromatic rings. The summed E-state index contributed by atoms with van der Waals surface area (Å²) in [6.45, 7) is 0.282. The molecule has 2 rings (SSSR count). The number of halogens is 1. The molecule has 1 unspecified atom stereocenters. The number of carbonyl (C=O) groups excluding carboxylic acids is 2. The minimum atomic E-state index is -2.42. The summed E-state index contributed by atoms with van der Waals surface area (Å²) in [6, 6.07) is -0.828. The molecule has 0 spiro atoms. The number of nitrogens with one attached hydrogen (secondary N) is 1. The number of nitrogens with zero attached hydrogens (tertiary/aromatic N) is 1. The third-order valence-corrected chi connectivity index (χ3v) is 2.26. The smallest absolute Gasteiger partial charge is 0.328 e. The molecular formula is C7H9FN2O4. The molecule has 2 heterocycles. The van der Waals surface area contributed by atoms with Gasteiger partial charge in [-0.1, -0.05) is 0 Å². The molecule has 6 nitrogen and oxygen atoms in total. The monoisotopic (exact) mass is 204 g/mol. The highest BCUT2D eigenvalue weighted by molar-refractivity contribution is 6.00. The van der Waals surface area contributed by atoms with Gasteiger partial charge in [-0.3, -0.25) is 15.0 Å². The quantitative estimate of drug-likeness (QED) is 0.527. The van der Waals surface area contributed by atoms with E-state index < -0.39 is 24.0 Å². The van der Waals surface area contributed by atoms with Crippen molar-refractivity contribution in [3.63, 3.8) is 0 Å². The van der Waals surface area contributed by atoms with Crippen LogP contribution in [0.25, 0.3) is 0 Å². The molecule has 0 radical (unpaired) electrons. The molecule has 2 saturated heterocycles. The third-order valence-electron chi connectivity index (χ3n) is 2.26. The van der Waals surface area contributed by atoms with Crippen molar-refractivity contribution in [3.8, 4) is 0 Å². The summed E-state index contributed by atoms with van der Waals surface area (Å²) in [5.74, 6) is -3.59. The Morgan fingerprint density at radius 2 is 2.36 bits per heavy atom. The Labute approximate surface area is 78.6 Å². The van der Waals surface area contributed by atoms with Crippen LogP contribution in [0.1, 0.15) is 6.42 Å². The van der Waals surface area contributed by atoms with Crippen molar-refractivity contribution in [1.82, 2.24) is 10.2 Å². The van der Waals surface area contributed by atoms with Gasteiger partial charge in [-0.05, 0) is 6.42 Å². The van der Waals surface area contributed by atoms with E-state index in [9.17, 15) is 19.1 Å². The van der Waals surface area contributed by atoms with E-state index >= 15 is 0 Å². The average molecular weight is 204 g/mol. The van der Waals surface area contributed by atoms with Crippen molar-refractivity contribution < 1.29 is 23.8 Å². The van der Waals surface area contributed by atoms with Crippen LogP contribution in [-0.4, -0.2) is 47.2 Å². The predicted octanol–water partition coefficient (Wildman–Crippen LogP) is -1.06. The summed E-state index contributed by atoms with van der Waals surface area (Å²) in [5, 5.41) is 11.4. The van der Waals surface area contributed by atoms with E-state index in [2.05, 4.69) is 0 Å². The van der Waals surface area contributed by atoms with E-state index in [0.717, 1.165) is 4.90 Å². The molecule has 78 valence electrons. The van der Waals surface area contributed by atoms with Gasteiger partial charge < -0.3 is 9.84 Å². The number of hydrogen-bond donors (Lipinski definition) is 2. The van der Waals surface area contributed by atoms with Crippen molar-refractivity contribution in [2.45, 2.75) is 18.5 Å². The Kier molecular flexibility index (Phi) is 1.93. The lowest BCUT2D eigenvalue weighted by Crippen LogP contribution is -2.72. The number of aliphatic hydroxyl groups is 1. The zero-order chi connectivity index (χ0) is 10.3. The summed E-state index contributed by atoms with van der Waals surface area (Å²) in [7, 11) is 0. The topological polar surface area (TPSA) is 78.9 Å². The molecular weight excluding hydrogens is 195 g/mol. The second kappa shape index (κ2) is 2.89. The predicted molar refractivity (Wildman–Crippen MR) is 40.7 cm³/mol. The molecule has 0 bridgehead atoms. The average Bonchev–Trinajstić information content (AvgIpc) is 2.15. The lowest BCUT2D eigenvalue weighted by Gasteiger charge is -2.45. The maximum Gasteiger partial charge on any atom is 0.328 e. The van der Waals surface area contributed by atoms with Gasteiger partial charge in [-0.15, -0.1) is 0 Å². The van der Waals surface area contributed by atoms with Crippen LogP contribution in [0, 0.1) is 0 Å². The van der Waals surface area contributed by atoms with Gasteiger partial charge in [0.15, 0.2) is 0 Å². The second-order valence-electron chi connectivity index (χ2n) is 3.17. The van der Waals surface area contributed by atoms with Crippen molar-refractivity contribution in [1.29, 1.82) is 0 Å². The zero-order valence-electron chi connectivity index (χ0n) is 7.20. The summed E-state index contributed by atoms with van der Waals surface area (Å²) >= 11 is 0. The van der Waals surface area contributed by atoms with Crippen molar-refractivity contribution in [2.75, 3.05) is 13.2 Å². The fraction of sp³-hybridized carbons (Fsp3) is 0.714. The van der Waals surface area contributed by atoms with Gasteiger partial charge in [0.2, 0.25) is 0 Å². The number of ether oxygens (including phenoxy) is 1. The number of carbonyl (C=O) groups is 2.